The molecule has 1 nitrogen and oxygen atoms in total. The number of para-hydroxylation sites is 2. The van der Waals surface area contributed by atoms with E-state index in [0.717, 1.165) is 4.47 Å². The van der Waals surface area contributed by atoms with Gasteiger partial charge in [-0.1, -0.05) is 88.7 Å². The first-order chi connectivity index (χ1) is 13.8. The molecule has 28 heavy (non-hydrogen) atoms. The maximum Gasteiger partial charge on any atom is 0.0541 e. The summed E-state index contributed by atoms with van der Waals surface area (Å²) in [5, 5.41) is 2.58. The second kappa shape index (κ2) is 7.14. The first-order valence-electron chi connectivity index (χ1n) is 9.32. The fraction of sp³-hybridized carbons (Fsp3) is 0. The van der Waals surface area contributed by atoms with Gasteiger partial charge in [0, 0.05) is 20.9 Å². The van der Waals surface area contributed by atoms with Crippen LogP contribution in [0.3, 0.4) is 0 Å². The third-order valence-electron chi connectivity index (χ3n) is 5.07. The van der Waals surface area contributed by atoms with E-state index in [9.17, 15) is 0 Å². The van der Waals surface area contributed by atoms with Crippen molar-refractivity contribution in [3.63, 3.8) is 0 Å². The van der Waals surface area contributed by atoms with Gasteiger partial charge in [-0.15, -0.1) is 0 Å². The van der Waals surface area contributed by atoms with E-state index in [1.54, 1.807) is 0 Å². The van der Waals surface area contributed by atoms with Crippen molar-refractivity contribution < 1.29 is 0 Å². The highest BCUT2D eigenvalue weighted by molar-refractivity contribution is 9.10. The lowest BCUT2D eigenvalue weighted by Gasteiger charge is -2.08. The third kappa shape index (κ3) is 3.06. The van der Waals surface area contributed by atoms with Gasteiger partial charge >= 0.3 is 0 Å². The summed E-state index contributed by atoms with van der Waals surface area (Å²) >= 11 is 3.48. The minimum absolute atomic E-state index is 1.10. The largest absolute Gasteiger partial charge is 0.309 e. The number of fused-ring (bicyclic) bond motifs is 3. The van der Waals surface area contributed by atoms with E-state index < -0.39 is 0 Å². The van der Waals surface area contributed by atoms with Crippen LogP contribution in [0.1, 0.15) is 11.1 Å². The van der Waals surface area contributed by atoms with E-state index in [0.29, 0.717) is 0 Å². The molecule has 0 spiro atoms. The summed E-state index contributed by atoms with van der Waals surface area (Å²) < 4.78 is 3.44. The molecular weight excluding hydrogens is 406 g/mol. The molecule has 134 valence electrons. The van der Waals surface area contributed by atoms with E-state index in [4.69, 9.17) is 0 Å². The van der Waals surface area contributed by atoms with Crippen molar-refractivity contribution in [2.45, 2.75) is 0 Å². The van der Waals surface area contributed by atoms with Gasteiger partial charge in [0.05, 0.1) is 11.0 Å². The van der Waals surface area contributed by atoms with Gasteiger partial charge in [0.1, 0.15) is 0 Å². The minimum Gasteiger partial charge on any atom is -0.309 e. The van der Waals surface area contributed by atoms with Crippen LogP contribution in [0.5, 0.6) is 0 Å². The molecule has 4 aromatic carbocycles. The summed E-state index contributed by atoms with van der Waals surface area (Å²) in [6.07, 6.45) is 4.29. The number of rotatable bonds is 3. The Labute approximate surface area is 172 Å². The molecule has 0 amide bonds. The zero-order chi connectivity index (χ0) is 18.9. The molecule has 2 heteroatoms. The minimum atomic E-state index is 1.10. The lowest BCUT2D eigenvalue weighted by atomic mass is 10.1. The summed E-state index contributed by atoms with van der Waals surface area (Å²) in [7, 11) is 0. The van der Waals surface area contributed by atoms with Gasteiger partial charge in [-0.05, 0) is 47.5 Å². The van der Waals surface area contributed by atoms with Crippen LogP contribution < -0.4 is 0 Å². The van der Waals surface area contributed by atoms with E-state index in [-0.39, 0.29) is 0 Å². The molecule has 0 aliphatic rings. The number of nitrogens with zero attached hydrogens (tertiary/aromatic N) is 1. The standard InChI is InChI=1S/C26H18BrN/c27-21-15-11-19(12-16-21)9-10-20-13-17-22(18-14-20)28-25-7-3-1-5-23(25)24-6-2-4-8-26(24)28/h1-18H/b10-9+. The highest BCUT2D eigenvalue weighted by Crippen LogP contribution is 2.31. The molecule has 0 unspecified atom stereocenters. The molecule has 0 aliphatic heterocycles. The fourth-order valence-electron chi connectivity index (χ4n) is 3.70. The summed E-state index contributed by atoms with van der Waals surface area (Å²) in [5.41, 5.74) is 6.03. The Morgan fingerprint density at radius 1 is 0.536 bits per heavy atom. The van der Waals surface area contributed by atoms with Gasteiger partial charge in [-0.3, -0.25) is 0 Å². The number of benzene rings is 4. The van der Waals surface area contributed by atoms with Gasteiger partial charge in [0.15, 0.2) is 0 Å². The molecule has 0 atom stereocenters. The molecule has 0 N–H and O–H groups in total. The smallest absolute Gasteiger partial charge is 0.0541 e. The van der Waals surface area contributed by atoms with Crippen LogP contribution in [0, 0.1) is 0 Å². The predicted octanol–water partition coefficient (Wildman–Crippen LogP) is 7.72. The molecule has 1 heterocycles. The molecule has 0 aliphatic carbocycles. The lowest BCUT2D eigenvalue weighted by molar-refractivity contribution is 1.18. The Bertz CT molecular complexity index is 1240. The van der Waals surface area contributed by atoms with E-state index in [2.05, 4.69) is 130 Å². The van der Waals surface area contributed by atoms with Crippen molar-refractivity contribution in [2.24, 2.45) is 0 Å². The van der Waals surface area contributed by atoms with Crippen LogP contribution in [0.25, 0.3) is 39.6 Å². The van der Waals surface area contributed by atoms with Gasteiger partial charge < -0.3 is 4.57 Å². The first kappa shape index (κ1) is 17.0. The summed E-state index contributed by atoms with van der Waals surface area (Å²) in [6, 6.07) is 34.3. The van der Waals surface area contributed by atoms with Crippen molar-refractivity contribution in [1.29, 1.82) is 0 Å². The number of aromatic nitrogens is 1. The molecular formula is C26H18BrN. The topological polar surface area (TPSA) is 4.93 Å². The highest BCUT2D eigenvalue weighted by Gasteiger charge is 2.10. The van der Waals surface area contributed by atoms with Crippen LogP contribution in [0.4, 0.5) is 0 Å². The van der Waals surface area contributed by atoms with Crippen LogP contribution in [0.15, 0.2) is 102 Å². The molecule has 0 radical (unpaired) electrons. The Kier molecular flexibility index (Phi) is 4.34. The zero-order valence-electron chi connectivity index (χ0n) is 15.2. The molecule has 0 saturated heterocycles. The summed E-state index contributed by atoms with van der Waals surface area (Å²) in [6.45, 7) is 0. The van der Waals surface area contributed by atoms with Gasteiger partial charge in [0.2, 0.25) is 0 Å². The van der Waals surface area contributed by atoms with Crippen molar-refractivity contribution in [3.8, 4) is 5.69 Å². The van der Waals surface area contributed by atoms with E-state index in [1.165, 1.54) is 38.6 Å². The van der Waals surface area contributed by atoms with Crippen molar-refractivity contribution in [1.82, 2.24) is 4.57 Å². The number of hydrogen-bond donors (Lipinski definition) is 0. The maximum absolute atomic E-state index is 3.48. The molecule has 5 aromatic rings. The normalized spacial score (nSPS) is 11.6. The highest BCUT2D eigenvalue weighted by atomic mass is 79.9. The second-order valence-corrected chi connectivity index (χ2v) is 7.76. The van der Waals surface area contributed by atoms with Crippen LogP contribution in [-0.4, -0.2) is 4.57 Å². The van der Waals surface area contributed by atoms with Crippen molar-refractivity contribution in [3.05, 3.63) is 113 Å². The molecule has 5 rings (SSSR count). The Morgan fingerprint density at radius 3 is 1.54 bits per heavy atom. The van der Waals surface area contributed by atoms with Crippen LogP contribution in [0.2, 0.25) is 0 Å². The zero-order valence-corrected chi connectivity index (χ0v) is 16.8. The molecule has 1 aromatic heterocycles. The second-order valence-electron chi connectivity index (χ2n) is 6.85. The molecule has 0 saturated carbocycles. The number of hydrogen-bond acceptors (Lipinski definition) is 0. The predicted molar refractivity (Wildman–Crippen MR) is 124 cm³/mol. The van der Waals surface area contributed by atoms with E-state index in [1.807, 2.05) is 0 Å². The van der Waals surface area contributed by atoms with Gasteiger partial charge in [0.25, 0.3) is 0 Å². The van der Waals surface area contributed by atoms with Crippen molar-refractivity contribution in [2.75, 3.05) is 0 Å². The Balaban J connectivity index is 1.55. The maximum atomic E-state index is 3.48. The van der Waals surface area contributed by atoms with Gasteiger partial charge in [-0.2, -0.15) is 0 Å². The summed E-state index contributed by atoms with van der Waals surface area (Å²) in [5.74, 6) is 0. The van der Waals surface area contributed by atoms with Crippen LogP contribution in [-0.2, 0) is 0 Å². The third-order valence-corrected chi connectivity index (χ3v) is 5.60. The van der Waals surface area contributed by atoms with Crippen molar-refractivity contribution >= 4 is 49.9 Å². The number of halogens is 1. The van der Waals surface area contributed by atoms with Gasteiger partial charge in [-0.25, -0.2) is 0 Å². The molecule has 0 fully saturated rings. The monoisotopic (exact) mass is 423 g/mol. The average Bonchev–Trinajstić information content (AvgIpc) is 3.08. The SMILES string of the molecule is Brc1ccc(/C=C/c2ccc(-n3c4ccccc4c4ccccc43)cc2)cc1. The van der Waals surface area contributed by atoms with Crippen LogP contribution >= 0.6 is 15.9 Å². The first-order valence-corrected chi connectivity index (χ1v) is 10.1. The Hall–Kier alpha value is -3.10. The Morgan fingerprint density at radius 2 is 1.00 bits per heavy atom. The quantitative estimate of drug-likeness (QED) is 0.261. The summed E-state index contributed by atoms with van der Waals surface area (Å²) in [4.78, 5) is 0. The lowest BCUT2D eigenvalue weighted by Crippen LogP contribution is -1.93. The van der Waals surface area contributed by atoms with E-state index >= 15 is 0 Å². The average molecular weight is 424 g/mol. The molecule has 0 bridgehead atoms. The fourth-order valence-corrected chi connectivity index (χ4v) is 3.97.